The van der Waals surface area contributed by atoms with Gasteiger partial charge >= 0.3 is 0 Å². The molecule has 1 heterocycles. The monoisotopic (exact) mass is 215 g/mol. The van der Waals surface area contributed by atoms with Crippen molar-refractivity contribution < 1.29 is 0 Å². The molecule has 84 valence electrons. The van der Waals surface area contributed by atoms with Crippen LogP contribution in [0.15, 0.2) is 30.5 Å². The van der Waals surface area contributed by atoms with E-state index in [0.717, 1.165) is 23.8 Å². The number of anilines is 2. The van der Waals surface area contributed by atoms with Crippen molar-refractivity contribution in [1.82, 2.24) is 9.55 Å². The average molecular weight is 215 g/mol. The van der Waals surface area contributed by atoms with E-state index in [9.17, 15) is 0 Å². The van der Waals surface area contributed by atoms with Crippen LogP contribution in [-0.2, 0) is 13.5 Å². The first-order valence-corrected chi connectivity index (χ1v) is 5.55. The third-order valence-corrected chi connectivity index (χ3v) is 2.62. The summed E-state index contributed by atoms with van der Waals surface area (Å²) in [7, 11) is 1.99. The molecule has 0 aliphatic rings. The van der Waals surface area contributed by atoms with E-state index in [1.165, 1.54) is 5.56 Å². The molecule has 0 aliphatic carbocycles. The fourth-order valence-corrected chi connectivity index (χ4v) is 1.69. The Labute approximate surface area is 96.1 Å². The molecule has 0 atom stereocenters. The minimum absolute atomic E-state index is 0.877. The van der Waals surface area contributed by atoms with Crippen LogP contribution in [0.2, 0.25) is 0 Å². The van der Waals surface area contributed by atoms with E-state index >= 15 is 0 Å². The summed E-state index contributed by atoms with van der Waals surface area (Å²) in [4.78, 5) is 4.40. The molecule has 0 spiro atoms. The number of rotatable bonds is 3. The minimum Gasteiger partial charge on any atom is -0.326 e. The van der Waals surface area contributed by atoms with Gasteiger partial charge in [-0.05, 0) is 31.0 Å². The Morgan fingerprint density at radius 2 is 1.94 bits per heavy atom. The van der Waals surface area contributed by atoms with Crippen molar-refractivity contribution >= 4 is 11.6 Å². The Hall–Kier alpha value is -1.77. The lowest BCUT2D eigenvalue weighted by molar-refractivity contribution is 0.923. The highest BCUT2D eigenvalue weighted by atomic mass is 15.2. The SMILES string of the molecule is CCc1ccc(Nc2nc(C)cn2C)cc1. The molecule has 0 amide bonds. The number of imidazole rings is 1. The van der Waals surface area contributed by atoms with Gasteiger partial charge in [0.15, 0.2) is 0 Å². The van der Waals surface area contributed by atoms with Gasteiger partial charge in [-0.25, -0.2) is 4.98 Å². The maximum Gasteiger partial charge on any atom is 0.207 e. The van der Waals surface area contributed by atoms with Crippen LogP contribution in [0.1, 0.15) is 18.2 Å². The zero-order valence-electron chi connectivity index (χ0n) is 9.99. The smallest absolute Gasteiger partial charge is 0.207 e. The molecule has 2 rings (SSSR count). The van der Waals surface area contributed by atoms with Gasteiger partial charge in [-0.3, -0.25) is 0 Å². The molecule has 2 aromatic rings. The van der Waals surface area contributed by atoms with Crippen molar-refractivity contribution in [3.63, 3.8) is 0 Å². The zero-order chi connectivity index (χ0) is 11.5. The van der Waals surface area contributed by atoms with Crippen LogP contribution >= 0.6 is 0 Å². The average Bonchev–Trinajstić information content (AvgIpc) is 2.59. The van der Waals surface area contributed by atoms with Gasteiger partial charge in [0, 0.05) is 18.9 Å². The van der Waals surface area contributed by atoms with Crippen LogP contribution in [0.4, 0.5) is 11.6 Å². The van der Waals surface area contributed by atoms with E-state index in [-0.39, 0.29) is 0 Å². The third-order valence-electron chi connectivity index (χ3n) is 2.62. The Balaban J connectivity index is 2.17. The molecule has 1 aromatic heterocycles. The molecule has 0 radical (unpaired) electrons. The van der Waals surface area contributed by atoms with Crippen molar-refractivity contribution in [2.24, 2.45) is 7.05 Å². The molecular formula is C13H17N3. The molecule has 0 saturated carbocycles. The lowest BCUT2D eigenvalue weighted by Gasteiger charge is -2.06. The predicted molar refractivity (Wildman–Crippen MR) is 67.0 cm³/mol. The summed E-state index contributed by atoms with van der Waals surface area (Å²) < 4.78 is 1.99. The summed E-state index contributed by atoms with van der Waals surface area (Å²) in [6, 6.07) is 8.45. The van der Waals surface area contributed by atoms with Crippen LogP contribution in [0.25, 0.3) is 0 Å². The van der Waals surface area contributed by atoms with Crippen molar-refractivity contribution in [3.05, 3.63) is 41.7 Å². The summed E-state index contributed by atoms with van der Waals surface area (Å²) in [6.45, 7) is 4.15. The molecule has 3 nitrogen and oxygen atoms in total. The predicted octanol–water partition coefficient (Wildman–Crippen LogP) is 3.03. The quantitative estimate of drug-likeness (QED) is 0.852. The van der Waals surface area contributed by atoms with Gasteiger partial charge in [0.25, 0.3) is 0 Å². The molecule has 0 fully saturated rings. The lowest BCUT2D eigenvalue weighted by Crippen LogP contribution is -1.98. The van der Waals surface area contributed by atoms with E-state index in [2.05, 4.69) is 41.5 Å². The van der Waals surface area contributed by atoms with Gasteiger partial charge in [0.1, 0.15) is 0 Å². The van der Waals surface area contributed by atoms with Crippen molar-refractivity contribution in [1.29, 1.82) is 0 Å². The molecule has 0 unspecified atom stereocenters. The van der Waals surface area contributed by atoms with E-state index in [1.54, 1.807) is 0 Å². The number of hydrogen-bond acceptors (Lipinski definition) is 2. The molecular weight excluding hydrogens is 198 g/mol. The van der Waals surface area contributed by atoms with Crippen LogP contribution in [-0.4, -0.2) is 9.55 Å². The molecule has 0 aliphatic heterocycles. The molecule has 3 heteroatoms. The standard InChI is InChI=1S/C13H17N3/c1-4-11-5-7-12(8-6-11)15-13-14-10(2)9-16(13)3/h5-9H,4H2,1-3H3,(H,14,15). The number of nitrogens with zero attached hydrogens (tertiary/aromatic N) is 2. The van der Waals surface area contributed by atoms with Gasteiger partial charge in [0.2, 0.25) is 5.95 Å². The number of nitrogens with one attached hydrogen (secondary N) is 1. The maximum atomic E-state index is 4.40. The summed E-state index contributed by atoms with van der Waals surface area (Å²) in [5, 5.41) is 3.30. The van der Waals surface area contributed by atoms with Crippen molar-refractivity contribution in [2.45, 2.75) is 20.3 Å². The largest absolute Gasteiger partial charge is 0.326 e. The second kappa shape index (κ2) is 4.39. The first kappa shape index (κ1) is 10.7. The Kier molecular flexibility index (Phi) is 2.95. The highest BCUT2D eigenvalue weighted by Crippen LogP contribution is 2.16. The van der Waals surface area contributed by atoms with Crippen LogP contribution in [0, 0.1) is 6.92 Å². The first-order valence-electron chi connectivity index (χ1n) is 5.55. The molecule has 1 N–H and O–H groups in total. The molecule has 16 heavy (non-hydrogen) atoms. The Bertz CT molecular complexity index is 468. The summed E-state index contributed by atoms with van der Waals surface area (Å²) >= 11 is 0. The van der Waals surface area contributed by atoms with E-state index < -0.39 is 0 Å². The third kappa shape index (κ3) is 2.24. The van der Waals surface area contributed by atoms with Gasteiger partial charge in [0.05, 0.1) is 5.69 Å². The molecule has 1 aromatic carbocycles. The normalized spacial score (nSPS) is 10.4. The summed E-state index contributed by atoms with van der Waals surface area (Å²) in [5.41, 5.74) is 3.45. The summed E-state index contributed by atoms with van der Waals surface area (Å²) in [6.07, 6.45) is 3.07. The second-order valence-electron chi connectivity index (χ2n) is 3.99. The van der Waals surface area contributed by atoms with E-state index in [4.69, 9.17) is 0 Å². The Morgan fingerprint density at radius 1 is 1.25 bits per heavy atom. The highest BCUT2D eigenvalue weighted by Gasteiger charge is 2.01. The van der Waals surface area contributed by atoms with Crippen LogP contribution in [0.5, 0.6) is 0 Å². The zero-order valence-corrected chi connectivity index (χ0v) is 9.99. The summed E-state index contributed by atoms with van der Waals surface area (Å²) in [5.74, 6) is 0.877. The second-order valence-corrected chi connectivity index (χ2v) is 3.99. The van der Waals surface area contributed by atoms with Gasteiger partial charge in [-0.2, -0.15) is 0 Å². The fraction of sp³-hybridized carbons (Fsp3) is 0.308. The topological polar surface area (TPSA) is 29.9 Å². The van der Waals surface area contributed by atoms with Crippen LogP contribution in [0.3, 0.4) is 0 Å². The molecule has 0 saturated heterocycles. The number of benzene rings is 1. The maximum absolute atomic E-state index is 4.40. The lowest BCUT2D eigenvalue weighted by atomic mass is 10.1. The highest BCUT2D eigenvalue weighted by molar-refractivity contribution is 5.54. The molecule has 0 bridgehead atoms. The van der Waals surface area contributed by atoms with Crippen LogP contribution < -0.4 is 5.32 Å². The van der Waals surface area contributed by atoms with Gasteiger partial charge in [-0.1, -0.05) is 19.1 Å². The van der Waals surface area contributed by atoms with Gasteiger partial charge in [-0.15, -0.1) is 0 Å². The van der Waals surface area contributed by atoms with Gasteiger partial charge < -0.3 is 9.88 Å². The van der Waals surface area contributed by atoms with Crippen molar-refractivity contribution in [2.75, 3.05) is 5.32 Å². The van der Waals surface area contributed by atoms with E-state index in [1.807, 2.05) is 24.7 Å². The number of aromatic nitrogens is 2. The number of hydrogen-bond donors (Lipinski definition) is 1. The fourth-order valence-electron chi connectivity index (χ4n) is 1.69. The first-order chi connectivity index (χ1) is 7.69. The minimum atomic E-state index is 0.877. The Morgan fingerprint density at radius 3 is 2.44 bits per heavy atom. The van der Waals surface area contributed by atoms with E-state index in [0.29, 0.717) is 0 Å². The number of aryl methyl sites for hydroxylation is 3. The van der Waals surface area contributed by atoms with Crippen molar-refractivity contribution in [3.8, 4) is 0 Å².